The van der Waals surface area contributed by atoms with Crippen LogP contribution in [0.25, 0.3) is 10.9 Å². The van der Waals surface area contributed by atoms with Crippen molar-refractivity contribution in [3.05, 3.63) is 34.6 Å². The summed E-state index contributed by atoms with van der Waals surface area (Å²) in [5.74, 6) is 0.0636. The lowest BCUT2D eigenvalue weighted by Crippen LogP contribution is -2.47. The van der Waals surface area contributed by atoms with Crippen molar-refractivity contribution in [2.75, 3.05) is 19.5 Å². The minimum absolute atomic E-state index is 0.0851. The Morgan fingerprint density at radius 1 is 1.48 bits per heavy atom. The Kier molecular flexibility index (Phi) is 5.82. The normalized spacial score (nSPS) is 15.9. The van der Waals surface area contributed by atoms with Crippen LogP contribution in [0, 0.1) is 17.2 Å². The molecule has 1 aromatic heterocycles. The van der Waals surface area contributed by atoms with E-state index in [0.29, 0.717) is 29.2 Å². The maximum Gasteiger partial charge on any atom is 0.262 e. The number of nitrogens with zero attached hydrogens (tertiary/aromatic N) is 3. The third-order valence-corrected chi connectivity index (χ3v) is 5.68. The first-order valence-electron chi connectivity index (χ1n) is 8.82. The van der Waals surface area contributed by atoms with Crippen LogP contribution in [0.4, 0.5) is 0 Å². The Morgan fingerprint density at radius 2 is 2.22 bits per heavy atom. The summed E-state index contributed by atoms with van der Waals surface area (Å²) in [7, 11) is 1.57. The number of para-hydroxylation sites is 1. The molecule has 1 N–H and O–H groups in total. The lowest BCUT2D eigenvalue weighted by atomic mass is 9.98. The zero-order chi connectivity index (χ0) is 19.4. The van der Waals surface area contributed by atoms with Crippen LogP contribution in [0.3, 0.4) is 0 Å². The average Bonchev–Trinajstić information content (AvgIpc) is 3.51. The molecule has 8 heteroatoms. The van der Waals surface area contributed by atoms with Gasteiger partial charge in [0.1, 0.15) is 5.54 Å². The second kappa shape index (κ2) is 8.11. The average molecular weight is 386 g/mol. The van der Waals surface area contributed by atoms with Crippen LogP contribution in [0.1, 0.15) is 19.8 Å². The van der Waals surface area contributed by atoms with Gasteiger partial charge < -0.3 is 10.1 Å². The number of carbonyl (C=O) groups is 1. The van der Waals surface area contributed by atoms with Crippen molar-refractivity contribution >= 4 is 28.6 Å². The highest BCUT2D eigenvalue weighted by Crippen LogP contribution is 2.39. The molecular weight excluding hydrogens is 364 g/mol. The van der Waals surface area contributed by atoms with Crippen molar-refractivity contribution in [2.45, 2.75) is 37.0 Å². The third-order valence-electron chi connectivity index (χ3n) is 4.70. The van der Waals surface area contributed by atoms with E-state index in [4.69, 9.17) is 4.74 Å². The number of aromatic nitrogens is 2. The second-order valence-corrected chi connectivity index (χ2v) is 7.73. The lowest BCUT2D eigenvalue weighted by molar-refractivity contribution is -0.119. The van der Waals surface area contributed by atoms with Gasteiger partial charge in [-0.25, -0.2) is 4.98 Å². The standard InChI is InChI=1S/C19H22N4O3S/c1-19(12-20,13-7-8-13)22-16(24)11-27-18-21-15-6-4-3-5-14(15)17(25)23(18)9-10-26-2/h3-6,13H,7-11H2,1-2H3,(H,22,24). The molecule has 1 unspecified atom stereocenters. The maximum absolute atomic E-state index is 12.8. The van der Waals surface area contributed by atoms with Gasteiger partial charge in [0.25, 0.3) is 5.56 Å². The Hall–Kier alpha value is -2.37. The molecule has 1 fully saturated rings. The highest BCUT2D eigenvalue weighted by atomic mass is 32.2. The number of methoxy groups -OCH3 is 1. The zero-order valence-corrected chi connectivity index (χ0v) is 16.2. The van der Waals surface area contributed by atoms with E-state index in [1.165, 1.54) is 16.3 Å². The van der Waals surface area contributed by atoms with Gasteiger partial charge in [-0.3, -0.25) is 14.2 Å². The molecule has 0 saturated heterocycles. The van der Waals surface area contributed by atoms with E-state index in [1.807, 2.05) is 6.07 Å². The minimum Gasteiger partial charge on any atom is -0.383 e. The Labute approximate surface area is 161 Å². The van der Waals surface area contributed by atoms with E-state index in [2.05, 4.69) is 16.4 Å². The van der Waals surface area contributed by atoms with Gasteiger partial charge in [-0.05, 0) is 37.8 Å². The van der Waals surface area contributed by atoms with E-state index in [0.717, 1.165) is 12.8 Å². The number of thioether (sulfide) groups is 1. The van der Waals surface area contributed by atoms with E-state index in [-0.39, 0.29) is 23.1 Å². The Morgan fingerprint density at radius 3 is 2.89 bits per heavy atom. The lowest BCUT2D eigenvalue weighted by Gasteiger charge is -2.22. The molecule has 0 spiro atoms. The largest absolute Gasteiger partial charge is 0.383 e. The van der Waals surface area contributed by atoms with Gasteiger partial charge in [-0.1, -0.05) is 23.9 Å². The quantitative estimate of drug-likeness (QED) is 0.550. The number of hydrogen-bond acceptors (Lipinski definition) is 6. The van der Waals surface area contributed by atoms with Crippen molar-refractivity contribution in [2.24, 2.45) is 5.92 Å². The number of hydrogen-bond donors (Lipinski definition) is 1. The molecule has 3 rings (SSSR count). The van der Waals surface area contributed by atoms with Crippen LogP contribution in [0.2, 0.25) is 0 Å². The predicted octanol–water partition coefficient (Wildman–Crippen LogP) is 1.94. The number of nitrogens with one attached hydrogen (secondary N) is 1. The van der Waals surface area contributed by atoms with E-state index in [1.54, 1.807) is 32.2 Å². The molecule has 7 nitrogen and oxygen atoms in total. The first-order valence-corrected chi connectivity index (χ1v) is 9.80. The first kappa shape index (κ1) is 19.4. The molecule has 142 valence electrons. The van der Waals surface area contributed by atoms with Crippen molar-refractivity contribution in [1.29, 1.82) is 5.26 Å². The molecule has 0 radical (unpaired) electrons. The van der Waals surface area contributed by atoms with Gasteiger partial charge >= 0.3 is 0 Å². The second-order valence-electron chi connectivity index (χ2n) is 6.79. The van der Waals surface area contributed by atoms with Crippen molar-refractivity contribution in [1.82, 2.24) is 14.9 Å². The van der Waals surface area contributed by atoms with Crippen LogP contribution < -0.4 is 10.9 Å². The van der Waals surface area contributed by atoms with Gasteiger partial charge in [-0.2, -0.15) is 5.26 Å². The van der Waals surface area contributed by atoms with Gasteiger partial charge in [0.15, 0.2) is 5.16 Å². The SMILES string of the molecule is COCCn1c(SCC(=O)NC(C)(C#N)C2CC2)nc2ccccc2c1=O. The number of nitriles is 1. The molecular formula is C19H22N4O3S. The van der Waals surface area contributed by atoms with E-state index >= 15 is 0 Å². The molecule has 1 aliphatic rings. The molecule has 1 amide bonds. The van der Waals surface area contributed by atoms with Crippen molar-refractivity contribution in [3.8, 4) is 6.07 Å². The fourth-order valence-corrected chi connectivity index (χ4v) is 3.80. The number of amides is 1. The van der Waals surface area contributed by atoms with Gasteiger partial charge in [-0.15, -0.1) is 0 Å². The molecule has 1 saturated carbocycles. The predicted molar refractivity (Wildman–Crippen MR) is 103 cm³/mol. The van der Waals surface area contributed by atoms with Gasteiger partial charge in [0.05, 0.1) is 35.9 Å². The highest BCUT2D eigenvalue weighted by Gasteiger charge is 2.42. The fourth-order valence-electron chi connectivity index (χ4n) is 2.98. The Balaban J connectivity index is 1.80. The van der Waals surface area contributed by atoms with Gasteiger partial charge in [0.2, 0.25) is 5.91 Å². The Bertz CT molecular complexity index is 948. The summed E-state index contributed by atoms with van der Waals surface area (Å²) in [4.78, 5) is 29.7. The number of carbonyl (C=O) groups excluding carboxylic acids is 1. The molecule has 0 aliphatic heterocycles. The summed E-state index contributed by atoms with van der Waals surface area (Å²) in [5.41, 5.74) is -0.385. The number of benzene rings is 1. The van der Waals surface area contributed by atoms with E-state index in [9.17, 15) is 14.9 Å². The van der Waals surface area contributed by atoms with Crippen LogP contribution in [-0.4, -0.2) is 40.5 Å². The molecule has 27 heavy (non-hydrogen) atoms. The minimum atomic E-state index is -0.829. The summed E-state index contributed by atoms with van der Waals surface area (Å²) in [6, 6.07) is 9.35. The van der Waals surface area contributed by atoms with Crippen LogP contribution in [0.15, 0.2) is 34.2 Å². The first-order chi connectivity index (χ1) is 13.0. The zero-order valence-electron chi connectivity index (χ0n) is 15.4. The number of rotatable bonds is 8. The fraction of sp³-hybridized carbons (Fsp3) is 0.474. The molecule has 2 aromatic rings. The van der Waals surface area contributed by atoms with Gasteiger partial charge in [0, 0.05) is 7.11 Å². The number of ether oxygens (including phenoxy) is 1. The van der Waals surface area contributed by atoms with Crippen LogP contribution >= 0.6 is 11.8 Å². The van der Waals surface area contributed by atoms with Crippen LogP contribution in [0.5, 0.6) is 0 Å². The van der Waals surface area contributed by atoms with Crippen molar-refractivity contribution < 1.29 is 9.53 Å². The number of fused-ring (bicyclic) bond motifs is 1. The maximum atomic E-state index is 12.8. The summed E-state index contributed by atoms with van der Waals surface area (Å²) >= 11 is 1.19. The summed E-state index contributed by atoms with van der Waals surface area (Å²) in [6.07, 6.45) is 1.92. The van der Waals surface area contributed by atoms with Crippen molar-refractivity contribution in [3.63, 3.8) is 0 Å². The third kappa shape index (κ3) is 4.31. The monoisotopic (exact) mass is 386 g/mol. The highest BCUT2D eigenvalue weighted by molar-refractivity contribution is 7.99. The smallest absolute Gasteiger partial charge is 0.262 e. The van der Waals surface area contributed by atoms with E-state index < -0.39 is 5.54 Å². The summed E-state index contributed by atoms with van der Waals surface area (Å²) in [6.45, 7) is 2.49. The molecule has 1 atom stereocenters. The topological polar surface area (TPSA) is 97.0 Å². The molecule has 1 aliphatic carbocycles. The summed E-state index contributed by atoms with van der Waals surface area (Å²) < 4.78 is 6.63. The van der Waals surface area contributed by atoms with Crippen LogP contribution in [-0.2, 0) is 16.1 Å². The summed E-state index contributed by atoms with van der Waals surface area (Å²) in [5, 5.41) is 13.2. The molecule has 1 heterocycles. The molecule has 0 bridgehead atoms. The molecule has 1 aromatic carbocycles.